The molecule has 134 valence electrons. The Balaban J connectivity index is 1.93. The molecule has 0 fully saturated rings. The van der Waals surface area contributed by atoms with E-state index >= 15 is 0 Å². The maximum Gasteiger partial charge on any atom is 0.217 e. The minimum absolute atomic E-state index is 0.141. The highest BCUT2D eigenvalue weighted by molar-refractivity contribution is 5.72. The molecule has 0 radical (unpaired) electrons. The third-order valence-electron chi connectivity index (χ3n) is 3.57. The Labute approximate surface area is 149 Å². The van der Waals surface area contributed by atoms with E-state index in [4.69, 9.17) is 0 Å². The first-order valence-electron chi connectivity index (χ1n) is 7.97. The lowest BCUT2D eigenvalue weighted by Gasteiger charge is -2.11. The fourth-order valence-electron chi connectivity index (χ4n) is 2.34. The Bertz CT molecular complexity index is 908. The van der Waals surface area contributed by atoms with Crippen LogP contribution in [0.3, 0.4) is 0 Å². The van der Waals surface area contributed by atoms with Crippen LogP contribution in [-0.2, 0) is 17.9 Å². The molecule has 7 nitrogen and oxygen atoms in total. The highest BCUT2D eigenvalue weighted by atomic mass is 19.1. The molecular formula is C18H18FN5O2. The summed E-state index contributed by atoms with van der Waals surface area (Å²) in [6, 6.07) is 11.2. The van der Waals surface area contributed by atoms with Crippen molar-refractivity contribution in [2.75, 3.05) is 5.32 Å². The Morgan fingerprint density at radius 2 is 2.00 bits per heavy atom. The second-order valence-corrected chi connectivity index (χ2v) is 5.67. The van der Waals surface area contributed by atoms with E-state index in [1.165, 1.54) is 19.1 Å². The molecule has 0 unspecified atom stereocenters. The van der Waals surface area contributed by atoms with E-state index in [1.54, 1.807) is 41.2 Å². The summed E-state index contributed by atoms with van der Waals surface area (Å²) in [6.45, 7) is 1.61. The molecule has 0 aliphatic rings. The van der Waals surface area contributed by atoms with Crippen LogP contribution in [0.1, 0.15) is 18.2 Å². The van der Waals surface area contributed by atoms with Gasteiger partial charge in [0.25, 0.3) is 0 Å². The van der Waals surface area contributed by atoms with Crippen molar-refractivity contribution in [2.45, 2.75) is 20.1 Å². The summed E-state index contributed by atoms with van der Waals surface area (Å²) in [6.07, 6.45) is 1.69. The molecule has 0 aliphatic carbocycles. The van der Waals surface area contributed by atoms with Gasteiger partial charge < -0.3 is 15.7 Å². The summed E-state index contributed by atoms with van der Waals surface area (Å²) in [5, 5.41) is 19.3. The second kappa shape index (κ2) is 7.75. The average molecular weight is 355 g/mol. The SMILES string of the molecule is CC(=O)NCc1cc(Nc2ccc(F)cc2)nc(-n2ccc(CO)n2)c1. The quantitative estimate of drug-likeness (QED) is 0.631. The molecule has 2 aromatic heterocycles. The molecule has 3 N–H and O–H groups in total. The number of benzene rings is 1. The van der Waals surface area contributed by atoms with Gasteiger partial charge in [-0.2, -0.15) is 5.10 Å². The van der Waals surface area contributed by atoms with Crippen LogP contribution in [-0.4, -0.2) is 25.8 Å². The molecule has 0 aliphatic heterocycles. The fraction of sp³-hybridized carbons (Fsp3) is 0.167. The monoisotopic (exact) mass is 355 g/mol. The van der Waals surface area contributed by atoms with Gasteiger partial charge in [0.15, 0.2) is 5.82 Å². The number of nitrogens with zero attached hydrogens (tertiary/aromatic N) is 3. The summed E-state index contributed by atoms with van der Waals surface area (Å²) in [5.41, 5.74) is 2.01. The van der Waals surface area contributed by atoms with Crippen molar-refractivity contribution in [3.05, 3.63) is 65.7 Å². The zero-order chi connectivity index (χ0) is 18.5. The molecule has 0 spiro atoms. The first kappa shape index (κ1) is 17.6. The fourth-order valence-corrected chi connectivity index (χ4v) is 2.34. The molecule has 1 amide bonds. The first-order chi connectivity index (χ1) is 12.5. The van der Waals surface area contributed by atoms with Gasteiger partial charge in [0.05, 0.1) is 12.3 Å². The van der Waals surface area contributed by atoms with E-state index in [9.17, 15) is 14.3 Å². The van der Waals surface area contributed by atoms with Crippen molar-refractivity contribution in [3.8, 4) is 5.82 Å². The standard InChI is InChI=1S/C18H18FN5O2/c1-12(26)20-10-13-8-17(21-15-4-2-14(19)3-5-15)22-18(9-13)24-7-6-16(11-25)23-24/h2-9,25H,10-11H2,1H3,(H,20,26)(H,21,22). The van der Waals surface area contributed by atoms with Crippen molar-refractivity contribution in [1.29, 1.82) is 0 Å². The van der Waals surface area contributed by atoms with Gasteiger partial charge in [-0.15, -0.1) is 0 Å². The maximum atomic E-state index is 13.1. The normalized spacial score (nSPS) is 10.6. The number of halogens is 1. The number of hydrogen-bond acceptors (Lipinski definition) is 5. The van der Waals surface area contributed by atoms with Crippen LogP contribution in [0.5, 0.6) is 0 Å². The molecule has 8 heteroatoms. The Kier molecular flexibility index (Phi) is 5.23. The number of aliphatic hydroxyl groups excluding tert-OH is 1. The summed E-state index contributed by atoms with van der Waals surface area (Å²) < 4.78 is 14.6. The second-order valence-electron chi connectivity index (χ2n) is 5.67. The number of rotatable bonds is 6. The van der Waals surface area contributed by atoms with Crippen molar-refractivity contribution >= 4 is 17.4 Å². The van der Waals surface area contributed by atoms with Crippen LogP contribution in [0.4, 0.5) is 15.9 Å². The first-order valence-corrected chi connectivity index (χ1v) is 7.97. The van der Waals surface area contributed by atoms with Gasteiger partial charge in [-0.05, 0) is 48.0 Å². The molecule has 0 saturated heterocycles. The van der Waals surface area contributed by atoms with Gasteiger partial charge >= 0.3 is 0 Å². The van der Waals surface area contributed by atoms with Crippen LogP contribution in [0.15, 0.2) is 48.7 Å². The largest absolute Gasteiger partial charge is 0.390 e. The predicted molar refractivity (Wildman–Crippen MR) is 94.5 cm³/mol. The van der Waals surface area contributed by atoms with Gasteiger partial charge in [-0.1, -0.05) is 0 Å². The highest BCUT2D eigenvalue weighted by Gasteiger charge is 2.08. The number of aromatic nitrogens is 3. The van der Waals surface area contributed by atoms with E-state index in [-0.39, 0.29) is 18.3 Å². The Morgan fingerprint density at radius 1 is 1.23 bits per heavy atom. The van der Waals surface area contributed by atoms with E-state index in [1.807, 2.05) is 0 Å². The van der Waals surface area contributed by atoms with Crippen molar-refractivity contribution in [3.63, 3.8) is 0 Å². The number of anilines is 2. The summed E-state index contributed by atoms with van der Waals surface area (Å²) in [5.74, 6) is 0.586. The third kappa shape index (κ3) is 4.42. The van der Waals surface area contributed by atoms with Gasteiger partial charge in [0.1, 0.15) is 11.6 Å². The molecular weight excluding hydrogens is 337 g/mol. The van der Waals surface area contributed by atoms with E-state index < -0.39 is 0 Å². The topological polar surface area (TPSA) is 92.1 Å². The lowest BCUT2D eigenvalue weighted by Crippen LogP contribution is -2.19. The van der Waals surface area contributed by atoms with Crippen LogP contribution in [0.25, 0.3) is 5.82 Å². The third-order valence-corrected chi connectivity index (χ3v) is 3.57. The summed E-state index contributed by atoms with van der Waals surface area (Å²) in [4.78, 5) is 15.7. The molecule has 2 heterocycles. The van der Waals surface area contributed by atoms with Crippen LogP contribution in [0, 0.1) is 5.82 Å². The zero-order valence-corrected chi connectivity index (χ0v) is 14.1. The Hall–Kier alpha value is -3.26. The summed E-state index contributed by atoms with van der Waals surface area (Å²) in [7, 11) is 0. The lowest BCUT2D eigenvalue weighted by atomic mass is 10.2. The lowest BCUT2D eigenvalue weighted by molar-refractivity contribution is -0.119. The molecule has 0 atom stereocenters. The maximum absolute atomic E-state index is 13.1. The average Bonchev–Trinajstić information content (AvgIpc) is 3.11. The number of pyridine rings is 1. The molecule has 26 heavy (non-hydrogen) atoms. The van der Waals surface area contributed by atoms with Crippen molar-refractivity contribution in [2.24, 2.45) is 0 Å². The van der Waals surface area contributed by atoms with Gasteiger partial charge in [-0.3, -0.25) is 4.79 Å². The summed E-state index contributed by atoms with van der Waals surface area (Å²) >= 11 is 0. The molecule has 3 aromatic rings. The van der Waals surface area contributed by atoms with Crippen LogP contribution in [0.2, 0.25) is 0 Å². The van der Waals surface area contributed by atoms with Crippen molar-refractivity contribution in [1.82, 2.24) is 20.1 Å². The predicted octanol–water partition coefficient (Wildman–Crippen LogP) is 2.28. The number of amides is 1. The molecule has 1 aromatic carbocycles. The molecule has 0 saturated carbocycles. The van der Waals surface area contributed by atoms with E-state index in [0.29, 0.717) is 29.6 Å². The number of aliphatic hydroxyl groups is 1. The molecule has 3 rings (SSSR count). The Morgan fingerprint density at radius 3 is 2.65 bits per heavy atom. The number of hydrogen-bond donors (Lipinski definition) is 3. The van der Waals surface area contributed by atoms with Gasteiger partial charge in [0.2, 0.25) is 5.91 Å². The minimum Gasteiger partial charge on any atom is -0.390 e. The minimum atomic E-state index is -0.323. The van der Waals surface area contributed by atoms with Crippen LogP contribution >= 0.6 is 0 Å². The number of nitrogens with one attached hydrogen (secondary N) is 2. The van der Waals surface area contributed by atoms with Crippen LogP contribution < -0.4 is 10.6 Å². The number of carbonyl (C=O) groups excluding carboxylic acids is 1. The van der Waals surface area contributed by atoms with Crippen molar-refractivity contribution < 1.29 is 14.3 Å². The van der Waals surface area contributed by atoms with E-state index in [2.05, 4.69) is 20.7 Å². The molecule has 0 bridgehead atoms. The highest BCUT2D eigenvalue weighted by Crippen LogP contribution is 2.19. The van der Waals surface area contributed by atoms with Gasteiger partial charge in [-0.25, -0.2) is 14.1 Å². The van der Waals surface area contributed by atoms with Gasteiger partial charge in [0, 0.05) is 25.4 Å². The number of carbonyl (C=O) groups is 1. The van der Waals surface area contributed by atoms with E-state index in [0.717, 1.165) is 5.56 Å². The smallest absolute Gasteiger partial charge is 0.217 e. The zero-order valence-electron chi connectivity index (χ0n) is 14.1.